The van der Waals surface area contributed by atoms with Gasteiger partial charge in [-0.05, 0) is 66.7 Å². The van der Waals surface area contributed by atoms with Gasteiger partial charge in [0.1, 0.15) is 10.6 Å². The Morgan fingerprint density at radius 1 is 0.787 bits per heavy atom. The van der Waals surface area contributed by atoms with Gasteiger partial charge < -0.3 is 24.3 Å². The molecule has 5 rings (SSSR count). The molecule has 0 unspecified atom stereocenters. The van der Waals surface area contributed by atoms with Crippen molar-refractivity contribution in [2.24, 2.45) is 5.10 Å². The van der Waals surface area contributed by atoms with Gasteiger partial charge in [-0.15, -0.1) is 11.3 Å². The molecule has 0 saturated heterocycles. The van der Waals surface area contributed by atoms with Gasteiger partial charge in [-0.2, -0.15) is 5.10 Å². The predicted molar refractivity (Wildman–Crippen MR) is 189 cm³/mol. The Morgan fingerprint density at radius 3 is 2.11 bits per heavy atom. The highest BCUT2D eigenvalue weighted by Crippen LogP contribution is 2.39. The number of hydrogen-bond donors (Lipinski definition) is 2. The number of esters is 1. The molecule has 47 heavy (non-hydrogen) atoms. The number of halogens is 3. The van der Waals surface area contributed by atoms with Crippen LogP contribution < -0.4 is 29.7 Å². The first kappa shape index (κ1) is 33.9. The molecule has 0 aliphatic carbocycles. The third kappa shape index (κ3) is 7.76. The van der Waals surface area contributed by atoms with E-state index in [0.717, 1.165) is 14.6 Å². The third-order valence-electron chi connectivity index (χ3n) is 6.65. The van der Waals surface area contributed by atoms with E-state index in [1.165, 1.54) is 63.1 Å². The Balaban J connectivity index is 1.24. The van der Waals surface area contributed by atoms with Crippen molar-refractivity contribution in [1.29, 1.82) is 0 Å². The van der Waals surface area contributed by atoms with Gasteiger partial charge in [-0.25, -0.2) is 10.2 Å². The number of methoxy groups -OCH3 is 3. The number of hydrogen-bond acceptors (Lipinski definition) is 9. The monoisotopic (exact) mass is 799 g/mol. The third-order valence-corrected chi connectivity index (χ3v) is 9.28. The maximum Gasteiger partial charge on any atom is 0.355 e. The SMILES string of the molecule is COc1cc(C(=O)Nc2ccc(C(=O)N/N=C\c3cc(Br)ccc3OC(=O)c3sc4cc(Br)ccc4c3Cl)cc2)cc(OC)c1OC. The molecule has 0 aliphatic rings. The van der Waals surface area contributed by atoms with E-state index < -0.39 is 17.8 Å². The molecule has 14 heteroatoms. The van der Waals surface area contributed by atoms with Crippen LogP contribution in [0, 0.1) is 0 Å². The van der Waals surface area contributed by atoms with E-state index in [-0.39, 0.29) is 16.2 Å². The summed E-state index contributed by atoms with van der Waals surface area (Å²) in [6.07, 6.45) is 1.36. The second-order valence-corrected chi connectivity index (χ2v) is 12.9. The summed E-state index contributed by atoms with van der Waals surface area (Å²) < 4.78 is 24.0. The second-order valence-electron chi connectivity index (χ2n) is 9.60. The topological polar surface area (TPSA) is 125 Å². The van der Waals surface area contributed by atoms with Crippen molar-refractivity contribution in [3.8, 4) is 23.0 Å². The Hall–Kier alpha value is -4.43. The molecule has 4 aromatic carbocycles. The van der Waals surface area contributed by atoms with Crippen LogP contribution in [0.2, 0.25) is 5.02 Å². The van der Waals surface area contributed by atoms with Crippen molar-refractivity contribution < 1.29 is 33.3 Å². The zero-order valence-corrected chi connectivity index (χ0v) is 29.6. The highest BCUT2D eigenvalue weighted by atomic mass is 79.9. The smallest absolute Gasteiger partial charge is 0.355 e. The van der Waals surface area contributed by atoms with Crippen LogP contribution in [0.3, 0.4) is 0 Å². The first-order chi connectivity index (χ1) is 22.6. The largest absolute Gasteiger partial charge is 0.493 e. The number of rotatable bonds is 10. The molecule has 1 aromatic heterocycles. The molecule has 0 bridgehead atoms. The van der Waals surface area contributed by atoms with Crippen LogP contribution in [0.25, 0.3) is 10.1 Å². The fourth-order valence-corrected chi connectivity index (χ4v) is 6.69. The molecule has 0 radical (unpaired) electrons. The van der Waals surface area contributed by atoms with E-state index in [1.807, 2.05) is 18.2 Å². The predicted octanol–water partition coefficient (Wildman–Crippen LogP) is 8.34. The lowest BCUT2D eigenvalue weighted by Gasteiger charge is -2.14. The molecule has 0 atom stereocenters. The number of carbonyl (C=O) groups excluding carboxylic acids is 3. The number of benzene rings is 4. The van der Waals surface area contributed by atoms with Crippen LogP contribution >= 0.6 is 54.8 Å². The Kier molecular flexibility index (Phi) is 10.8. The summed E-state index contributed by atoms with van der Waals surface area (Å²) in [6, 6.07) is 19.9. The standard InChI is InChI=1S/C33H24Br2ClN3O7S/c1-43-25-13-18(14-26(44-2)29(25)45-3)31(40)38-22-8-4-17(5-9-22)32(41)39-37-16-19-12-20(34)7-11-24(19)46-33(42)30-28(36)23-10-6-21(35)15-27(23)47-30/h4-16H,1-3H3,(H,38,40)(H,39,41)/b37-16-. The van der Waals surface area contributed by atoms with E-state index in [4.69, 9.17) is 30.5 Å². The Bertz CT molecular complexity index is 2010. The van der Waals surface area contributed by atoms with Crippen molar-refractivity contribution in [1.82, 2.24) is 5.43 Å². The summed E-state index contributed by atoms with van der Waals surface area (Å²) in [5.74, 6) is -0.269. The van der Waals surface area contributed by atoms with Gasteiger partial charge in [0.15, 0.2) is 11.5 Å². The molecule has 1 heterocycles. The zero-order valence-electron chi connectivity index (χ0n) is 24.9. The zero-order chi connectivity index (χ0) is 33.7. The van der Waals surface area contributed by atoms with E-state index in [9.17, 15) is 14.4 Å². The minimum atomic E-state index is -0.620. The van der Waals surface area contributed by atoms with Crippen LogP contribution in [-0.2, 0) is 0 Å². The number of thiophene rings is 1. The number of ether oxygens (including phenoxy) is 4. The van der Waals surface area contributed by atoms with Crippen LogP contribution in [-0.4, -0.2) is 45.3 Å². The molecule has 0 aliphatic heterocycles. The van der Waals surface area contributed by atoms with Crippen LogP contribution in [0.15, 0.2) is 86.8 Å². The summed E-state index contributed by atoms with van der Waals surface area (Å²) in [5.41, 5.74) is 3.92. The quantitative estimate of drug-likeness (QED) is 0.0630. The number of hydrazone groups is 1. The van der Waals surface area contributed by atoms with Gasteiger partial charge in [-0.3, -0.25) is 9.59 Å². The number of fused-ring (bicyclic) bond motifs is 1. The van der Waals surface area contributed by atoms with E-state index in [1.54, 1.807) is 30.3 Å². The minimum absolute atomic E-state index is 0.220. The number of anilines is 1. The first-order valence-electron chi connectivity index (χ1n) is 13.6. The van der Waals surface area contributed by atoms with E-state index >= 15 is 0 Å². The molecule has 2 amide bonds. The summed E-state index contributed by atoms with van der Waals surface area (Å²) in [7, 11) is 4.40. The van der Waals surface area contributed by atoms with Crippen molar-refractivity contribution in [3.63, 3.8) is 0 Å². The van der Waals surface area contributed by atoms with Gasteiger partial charge in [0.2, 0.25) is 5.75 Å². The average molecular weight is 802 g/mol. The summed E-state index contributed by atoms with van der Waals surface area (Å²) >= 11 is 14.5. The lowest BCUT2D eigenvalue weighted by Crippen LogP contribution is -2.18. The number of nitrogens with zero attached hydrogens (tertiary/aromatic N) is 1. The van der Waals surface area contributed by atoms with Crippen molar-refractivity contribution in [3.05, 3.63) is 108 Å². The molecule has 240 valence electrons. The Morgan fingerprint density at radius 2 is 1.45 bits per heavy atom. The highest BCUT2D eigenvalue weighted by Gasteiger charge is 2.21. The van der Waals surface area contributed by atoms with Crippen LogP contribution in [0.1, 0.15) is 36.0 Å². The second kappa shape index (κ2) is 15.0. The number of carbonyl (C=O) groups is 3. The minimum Gasteiger partial charge on any atom is -0.493 e. The average Bonchev–Trinajstić information content (AvgIpc) is 3.40. The summed E-state index contributed by atoms with van der Waals surface area (Å²) in [5, 5.41) is 7.89. The maximum atomic E-state index is 13.1. The molecule has 0 spiro atoms. The number of nitrogens with one attached hydrogen (secondary N) is 2. The van der Waals surface area contributed by atoms with Gasteiger partial charge >= 0.3 is 5.97 Å². The fourth-order valence-electron chi connectivity index (χ4n) is 4.38. The lowest BCUT2D eigenvalue weighted by atomic mass is 10.1. The molecule has 0 saturated carbocycles. The van der Waals surface area contributed by atoms with Crippen LogP contribution in [0.5, 0.6) is 23.0 Å². The highest BCUT2D eigenvalue weighted by molar-refractivity contribution is 9.10. The molecular formula is C33H24Br2ClN3O7S. The van der Waals surface area contributed by atoms with Crippen LogP contribution in [0.4, 0.5) is 5.69 Å². The first-order valence-corrected chi connectivity index (χ1v) is 16.3. The van der Waals surface area contributed by atoms with Gasteiger partial charge in [0.25, 0.3) is 11.8 Å². The molecular weight excluding hydrogens is 778 g/mol. The van der Waals surface area contributed by atoms with Gasteiger partial charge in [0, 0.05) is 41.4 Å². The normalized spacial score (nSPS) is 10.9. The lowest BCUT2D eigenvalue weighted by molar-refractivity contribution is 0.0739. The molecule has 10 nitrogen and oxygen atoms in total. The van der Waals surface area contributed by atoms with Gasteiger partial charge in [0.05, 0.1) is 32.6 Å². The van der Waals surface area contributed by atoms with Gasteiger partial charge in [-0.1, -0.05) is 49.5 Å². The molecule has 0 fully saturated rings. The molecule has 5 aromatic rings. The van der Waals surface area contributed by atoms with E-state index in [0.29, 0.717) is 43.6 Å². The molecule has 2 N–H and O–H groups in total. The fraction of sp³-hybridized carbons (Fsp3) is 0.0909. The maximum absolute atomic E-state index is 13.1. The van der Waals surface area contributed by atoms with Crippen molar-refractivity contribution in [2.75, 3.05) is 26.6 Å². The number of amides is 2. The van der Waals surface area contributed by atoms with Crippen molar-refractivity contribution in [2.45, 2.75) is 0 Å². The summed E-state index contributed by atoms with van der Waals surface area (Å²) in [4.78, 5) is 39.0. The summed E-state index contributed by atoms with van der Waals surface area (Å²) in [6.45, 7) is 0. The van der Waals surface area contributed by atoms with E-state index in [2.05, 4.69) is 47.7 Å². The Labute approximate surface area is 294 Å². The van der Waals surface area contributed by atoms with Crippen molar-refractivity contribution >= 4 is 94.6 Å².